The fourth-order valence-electron chi connectivity index (χ4n) is 10.3. The highest BCUT2D eigenvalue weighted by molar-refractivity contribution is 6.74. The van der Waals surface area contributed by atoms with Crippen molar-refractivity contribution < 1.29 is 62.7 Å². The Morgan fingerprint density at radius 3 is 2.20 bits per heavy atom. The number of hydrogen-bond donors (Lipinski definition) is 4. The molecule has 3 heterocycles. The number of rotatable bonds is 7. The van der Waals surface area contributed by atoms with Crippen LogP contribution in [0.2, 0.25) is 18.1 Å². The molecule has 3 aliphatic heterocycles. The summed E-state index contributed by atoms with van der Waals surface area (Å²) in [6, 6.07) is -2.03. The summed E-state index contributed by atoms with van der Waals surface area (Å²) in [7, 11) is 1.13. The predicted molar refractivity (Wildman–Crippen MR) is 275 cm³/mol. The van der Waals surface area contributed by atoms with Gasteiger partial charge in [0.15, 0.2) is 14.1 Å². The molecule has 15 atom stereocenters. The number of ether oxygens (including phenoxy) is 4. The van der Waals surface area contributed by atoms with Crippen molar-refractivity contribution in [3.63, 3.8) is 0 Å². The summed E-state index contributed by atoms with van der Waals surface area (Å²) in [5.74, 6) is -8.54. The lowest BCUT2D eigenvalue weighted by atomic mass is 9.80. The number of amides is 1. The summed E-state index contributed by atoms with van der Waals surface area (Å²) in [4.78, 5) is 71.9. The first-order valence-corrected chi connectivity index (χ1v) is 29.1. The Labute approximate surface area is 425 Å². The number of carbonyl (C=O) groups is 5. The van der Waals surface area contributed by atoms with Crippen LogP contribution in [0.1, 0.15) is 139 Å². The molecule has 0 radical (unpaired) electrons. The Kier molecular flexibility index (Phi) is 22.4. The minimum Gasteiger partial charge on any atom is -0.459 e. The van der Waals surface area contributed by atoms with Gasteiger partial charge in [-0.1, -0.05) is 84.9 Å². The molecule has 3 fully saturated rings. The molecule has 0 spiro atoms. The first-order valence-electron chi connectivity index (χ1n) is 26.2. The number of Topliss-reactive ketones (excluding diaryl/α,β-unsaturated/α-hetero) is 3. The van der Waals surface area contributed by atoms with E-state index in [0.717, 1.165) is 23.3 Å². The van der Waals surface area contributed by atoms with Crippen LogP contribution in [-0.2, 0) is 47.3 Å². The van der Waals surface area contributed by atoms with Gasteiger partial charge >= 0.3 is 5.97 Å². The van der Waals surface area contributed by atoms with E-state index >= 15 is 0 Å². The summed E-state index contributed by atoms with van der Waals surface area (Å²) >= 11 is 0. The van der Waals surface area contributed by atoms with Gasteiger partial charge in [0.05, 0.1) is 24.4 Å². The Bertz CT molecular complexity index is 1960. The van der Waals surface area contributed by atoms with Crippen LogP contribution >= 0.6 is 0 Å². The van der Waals surface area contributed by atoms with Crippen molar-refractivity contribution in [2.24, 2.45) is 35.3 Å². The number of fused-ring (bicyclic) bond motifs is 3. The lowest BCUT2D eigenvalue weighted by Crippen LogP contribution is -2.61. The SMILES string of the molecule is CO[C@H]1C[C@@H]2CC[C@@H](C)[C@@](O)(O2)C(=O)C(=O)N2CCCC[C@H]2C(=O)O[C@H]([C@H](N)C[C@@H]2CCC(O[Si](C)(C)C(C)(C)C)[C@H](OC)C2)CC(=O)[C@H](C)/C=C(\C)[C@@H](O)[C@@H](O)C(=O)[C@H](C)C[C@H](C)/C=C/C=C/C=C/1C. The van der Waals surface area contributed by atoms with Gasteiger partial charge < -0.3 is 49.3 Å². The van der Waals surface area contributed by atoms with Gasteiger partial charge in [0.1, 0.15) is 30.1 Å². The van der Waals surface area contributed by atoms with E-state index in [-0.39, 0.29) is 59.8 Å². The van der Waals surface area contributed by atoms with E-state index in [0.29, 0.717) is 51.4 Å². The number of aliphatic hydroxyl groups excluding tert-OH is 2. The first-order chi connectivity index (χ1) is 33.1. The highest BCUT2D eigenvalue weighted by Crippen LogP contribution is 2.41. The van der Waals surface area contributed by atoms with Crippen molar-refractivity contribution in [2.75, 3.05) is 20.8 Å². The molecule has 1 amide bonds. The quantitative estimate of drug-likeness (QED) is 0.0855. The molecule has 0 aromatic carbocycles. The van der Waals surface area contributed by atoms with E-state index in [2.05, 4.69) is 33.9 Å². The van der Waals surface area contributed by atoms with Crippen molar-refractivity contribution in [3.05, 3.63) is 47.6 Å². The van der Waals surface area contributed by atoms with E-state index in [4.69, 9.17) is 29.1 Å². The van der Waals surface area contributed by atoms with Gasteiger partial charge in [-0.15, -0.1) is 0 Å². The van der Waals surface area contributed by atoms with E-state index in [1.165, 1.54) is 6.08 Å². The van der Waals surface area contributed by atoms with Crippen LogP contribution in [0, 0.1) is 29.6 Å². The summed E-state index contributed by atoms with van der Waals surface area (Å²) in [5.41, 5.74) is 8.08. The van der Waals surface area contributed by atoms with E-state index in [1.807, 2.05) is 44.2 Å². The zero-order valence-corrected chi connectivity index (χ0v) is 46.2. The highest BCUT2D eigenvalue weighted by Gasteiger charge is 2.53. The second kappa shape index (κ2) is 26.3. The van der Waals surface area contributed by atoms with E-state index in [1.54, 1.807) is 41.9 Å². The number of methoxy groups -OCH3 is 2. The third kappa shape index (κ3) is 15.9. The van der Waals surface area contributed by atoms with Crippen LogP contribution in [-0.4, -0.2) is 139 Å². The predicted octanol–water partition coefficient (Wildman–Crippen LogP) is 7.25. The molecule has 1 saturated carbocycles. The minimum atomic E-state index is -2.45. The van der Waals surface area contributed by atoms with E-state index in [9.17, 15) is 39.3 Å². The van der Waals surface area contributed by atoms with Crippen LogP contribution in [0.15, 0.2) is 47.6 Å². The number of nitrogens with zero attached hydrogens (tertiary/aromatic N) is 1. The van der Waals surface area contributed by atoms with Gasteiger partial charge in [-0.05, 0) is 119 Å². The number of ketones is 3. The molecular weight excluding hydrogens is 925 g/mol. The molecule has 2 saturated heterocycles. The molecule has 16 heteroatoms. The van der Waals surface area contributed by atoms with Gasteiger partial charge in [-0.3, -0.25) is 19.2 Å². The van der Waals surface area contributed by atoms with Crippen LogP contribution in [0.25, 0.3) is 0 Å². The van der Waals surface area contributed by atoms with Crippen molar-refractivity contribution in [1.29, 1.82) is 0 Å². The highest BCUT2D eigenvalue weighted by atomic mass is 28.4. The number of aliphatic hydroxyl groups is 3. The van der Waals surface area contributed by atoms with Crippen LogP contribution in [0.4, 0.5) is 0 Å². The molecule has 71 heavy (non-hydrogen) atoms. The molecule has 4 rings (SSSR count). The molecular formula is C55H90N2O13Si. The Balaban J connectivity index is 1.69. The minimum absolute atomic E-state index is 0.00743. The summed E-state index contributed by atoms with van der Waals surface area (Å²) < 4.78 is 31.0. The number of nitrogens with two attached hydrogens (primary N) is 1. The molecule has 1 unspecified atom stereocenters. The largest absolute Gasteiger partial charge is 0.459 e. The number of allylic oxidation sites excluding steroid dienone is 6. The fourth-order valence-corrected chi connectivity index (χ4v) is 11.7. The zero-order valence-electron chi connectivity index (χ0n) is 45.2. The van der Waals surface area contributed by atoms with Gasteiger partial charge in [0.2, 0.25) is 5.79 Å². The summed E-state index contributed by atoms with van der Waals surface area (Å²) in [6.07, 6.45) is 10.2. The third-order valence-corrected chi connectivity index (χ3v) is 20.7. The summed E-state index contributed by atoms with van der Waals surface area (Å²) in [5, 5.41) is 34.3. The Hall–Kier alpha value is -3.19. The molecule has 5 N–H and O–H groups in total. The van der Waals surface area contributed by atoms with E-state index < -0.39 is 97.9 Å². The zero-order chi connectivity index (χ0) is 53.2. The van der Waals surface area contributed by atoms with Gasteiger partial charge in [-0.2, -0.15) is 0 Å². The second-order valence-corrected chi connectivity index (χ2v) is 27.7. The number of esters is 1. The standard InChI is InChI=1S/C55H90N2O13Si/c1-33-19-15-14-16-20-34(2)45(66-10)31-40-24-22-38(6)55(65,69-40)51(62)52(63)57-26-18-17-21-42(57)53(64)68-46(32-43(58)35(3)28-37(5)49(60)50(61)48(59)36(4)27-33)41(56)29-39-23-25-44(47(30-39)67-11)70-71(12,13)54(7,8)9/h14-16,19-20,28,33,35-36,38-42,44-47,49-50,60-61,65H,17-18,21-27,29-32,56H2,1-13H3/b16-14+,19-15+,34-20+,37-28+/t33-,35-,36-,38-,39+,40+,41-,42+,44?,45+,46+,47-,49-,50+,55-/m1/s1. The maximum Gasteiger partial charge on any atom is 0.329 e. The molecule has 4 aliphatic rings. The van der Waals surface area contributed by atoms with Crippen LogP contribution < -0.4 is 5.73 Å². The number of piperidine rings is 1. The maximum absolute atomic E-state index is 14.5. The average Bonchev–Trinajstić information content (AvgIpc) is 3.32. The average molecular weight is 1020 g/mol. The lowest BCUT2D eigenvalue weighted by molar-refractivity contribution is -0.265. The third-order valence-electron chi connectivity index (χ3n) is 16.2. The number of carbonyl (C=O) groups excluding carboxylic acids is 5. The smallest absolute Gasteiger partial charge is 0.329 e. The molecule has 402 valence electrons. The maximum atomic E-state index is 14.5. The first kappa shape index (κ1) is 60.4. The Morgan fingerprint density at radius 1 is 0.859 bits per heavy atom. The van der Waals surface area contributed by atoms with Gasteiger partial charge in [-0.25, -0.2) is 4.79 Å². The normalized spacial score (nSPS) is 38.5. The van der Waals surface area contributed by atoms with Crippen molar-refractivity contribution >= 4 is 37.5 Å². The van der Waals surface area contributed by atoms with Gasteiger partial charge in [0.25, 0.3) is 11.7 Å². The molecule has 1 aliphatic carbocycles. The molecule has 0 aromatic heterocycles. The van der Waals surface area contributed by atoms with Gasteiger partial charge in [0, 0.05) is 57.4 Å². The van der Waals surface area contributed by atoms with Crippen molar-refractivity contribution in [2.45, 2.75) is 218 Å². The second-order valence-electron chi connectivity index (χ2n) is 22.9. The molecule has 15 nitrogen and oxygen atoms in total. The molecule has 0 aromatic rings. The summed E-state index contributed by atoms with van der Waals surface area (Å²) in [6.45, 7) is 21.5. The lowest BCUT2D eigenvalue weighted by Gasteiger charge is -2.44. The Morgan fingerprint density at radius 2 is 1.55 bits per heavy atom. The van der Waals surface area contributed by atoms with Crippen molar-refractivity contribution in [3.8, 4) is 0 Å². The topological polar surface area (TPSA) is 221 Å². The fraction of sp³-hybridized carbons (Fsp3) is 0.764. The number of hydrogen-bond acceptors (Lipinski definition) is 14. The van der Waals surface area contributed by atoms with Crippen LogP contribution in [0.3, 0.4) is 0 Å². The van der Waals surface area contributed by atoms with Crippen LogP contribution in [0.5, 0.6) is 0 Å². The molecule has 2 bridgehead atoms. The monoisotopic (exact) mass is 1010 g/mol. The number of cyclic esters (lactones) is 1. The van der Waals surface area contributed by atoms with Crippen molar-refractivity contribution in [1.82, 2.24) is 4.90 Å².